The van der Waals surface area contributed by atoms with Crippen LogP contribution in [0.5, 0.6) is 5.75 Å². The zero-order valence-corrected chi connectivity index (χ0v) is 17.6. The highest BCUT2D eigenvalue weighted by Gasteiger charge is 2.53. The quantitative estimate of drug-likeness (QED) is 0.661. The number of hydrogen-bond donors (Lipinski definition) is 3. The third-order valence-corrected chi connectivity index (χ3v) is 6.91. The molecule has 1 saturated heterocycles. The van der Waals surface area contributed by atoms with Crippen molar-refractivity contribution in [3.63, 3.8) is 0 Å². The number of amides is 1. The first-order valence-electron chi connectivity index (χ1n) is 11.0. The number of hydrogen-bond acceptors (Lipinski definition) is 5. The summed E-state index contributed by atoms with van der Waals surface area (Å²) in [4.78, 5) is 13.5. The van der Waals surface area contributed by atoms with Crippen molar-refractivity contribution in [2.75, 3.05) is 25.0 Å². The molecule has 3 aliphatic rings. The number of fused-ring (bicyclic) bond motifs is 2. The van der Waals surface area contributed by atoms with E-state index in [9.17, 15) is 23.8 Å². The third kappa shape index (κ3) is 3.98. The van der Waals surface area contributed by atoms with Gasteiger partial charge in [0.15, 0.2) is 17.4 Å². The number of likely N-dealkylation sites (tertiary alicyclic amines) is 1. The number of para-hydroxylation sites is 1. The number of nitrogens with zero attached hydrogens (tertiary/aromatic N) is 1. The Hall–Kier alpha value is -2.55. The zero-order chi connectivity index (χ0) is 22.5. The third-order valence-electron chi connectivity index (χ3n) is 6.91. The minimum atomic E-state index is -1.01. The van der Waals surface area contributed by atoms with Crippen LogP contribution in [-0.4, -0.2) is 52.4 Å². The van der Waals surface area contributed by atoms with E-state index >= 15 is 0 Å². The van der Waals surface area contributed by atoms with Crippen LogP contribution in [0.3, 0.4) is 0 Å². The number of carbonyl (C=O) groups is 1. The number of rotatable bonds is 5. The van der Waals surface area contributed by atoms with Gasteiger partial charge in [-0.05, 0) is 42.2 Å². The van der Waals surface area contributed by atoms with Crippen molar-refractivity contribution in [2.24, 2.45) is 5.92 Å². The van der Waals surface area contributed by atoms with E-state index in [2.05, 4.69) is 5.32 Å². The van der Waals surface area contributed by atoms with Crippen LogP contribution in [0.1, 0.15) is 36.5 Å². The van der Waals surface area contributed by atoms with Gasteiger partial charge >= 0.3 is 0 Å². The molecule has 3 N–H and O–H groups in total. The van der Waals surface area contributed by atoms with Gasteiger partial charge in [-0.25, -0.2) is 8.78 Å². The zero-order valence-electron chi connectivity index (χ0n) is 17.6. The number of benzene rings is 2. The maximum Gasteiger partial charge on any atom is 0.224 e. The number of β-amino-alcohol motifs (C(OH)–C–C–N with tert-alkyl or cyclic N) is 2. The average molecular weight is 444 g/mol. The predicted octanol–water partition coefficient (Wildman–Crippen LogP) is 2.79. The second-order valence-corrected chi connectivity index (χ2v) is 9.21. The number of aryl methyl sites for hydroxylation is 1. The molecule has 1 saturated carbocycles. The lowest BCUT2D eigenvalue weighted by atomic mass is 9.95. The van der Waals surface area contributed by atoms with Crippen LogP contribution in [0.15, 0.2) is 36.4 Å². The molecule has 32 heavy (non-hydrogen) atoms. The summed E-state index contributed by atoms with van der Waals surface area (Å²) in [7, 11) is 0. The summed E-state index contributed by atoms with van der Waals surface area (Å²) in [6, 6.07) is 9.16. The van der Waals surface area contributed by atoms with Gasteiger partial charge in [-0.3, -0.25) is 9.69 Å². The second-order valence-electron chi connectivity index (χ2n) is 9.21. The second kappa shape index (κ2) is 8.10. The molecule has 170 valence electrons. The summed E-state index contributed by atoms with van der Waals surface area (Å²) >= 11 is 0. The van der Waals surface area contributed by atoms with Crippen LogP contribution in [-0.2, 0) is 11.2 Å². The smallest absolute Gasteiger partial charge is 0.224 e. The van der Waals surface area contributed by atoms with Gasteiger partial charge in [-0.2, -0.15) is 0 Å². The van der Waals surface area contributed by atoms with E-state index in [1.165, 1.54) is 6.07 Å². The fourth-order valence-corrected chi connectivity index (χ4v) is 5.33. The van der Waals surface area contributed by atoms with Crippen molar-refractivity contribution in [3.05, 3.63) is 59.2 Å². The van der Waals surface area contributed by atoms with E-state index in [0.717, 1.165) is 28.9 Å². The number of aliphatic hydroxyl groups excluding tert-OH is 1. The SMILES string of the molecule is O=C1CCc2cc([C@H](O)CN3C[C@@H]4C[C@@H](Oc5c(F)cccc5F)C[C@]4(O)C3)ccc2N1. The average Bonchev–Trinajstić information content (AvgIpc) is 3.20. The van der Waals surface area contributed by atoms with Crippen molar-refractivity contribution in [1.29, 1.82) is 0 Å². The Bertz CT molecular complexity index is 1030. The largest absolute Gasteiger partial charge is 0.484 e. The Morgan fingerprint density at radius 2 is 2.00 bits per heavy atom. The lowest BCUT2D eigenvalue weighted by Gasteiger charge is -2.25. The van der Waals surface area contributed by atoms with Gasteiger partial charge in [0.1, 0.15) is 6.10 Å². The van der Waals surface area contributed by atoms with Crippen molar-refractivity contribution in [2.45, 2.75) is 43.5 Å². The Labute approximate surface area is 184 Å². The molecule has 2 aliphatic heterocycles. The van der Waals surface area contributed by atoms with Crippen molar-refractivity contribution < 1.29 is 28.5 Å². The fourth-order valence-electron chi connectivity index (χ4n) is 5.33. The molecule has 0 spiro atoms. The van der Waals surface area contributed by atoms with Crippen LogP contribution in [0, 0.1) is 17.6 Å². The molecule has 2 aromatic rings. The van der Waals surface area contributed by atoms with Gasteiger partial charge in [0.2, 0.25) is 5.91 Å². The minimum Gasteiger partial charge on any atom is -0.484 e. The van der Waals surface area contributed by atoms with E-state index in [-0.39, 0.29) is 18.2 Å². The van der Waals surface area contributed by atoms with Gasteiger partial charge in [0.05, 0.1) is 11.7 Å². The van der Waals surface area contributed by atoms with Crippen molar-refractivity contribution in [1.82, 2.24) is 4.90 Å². The summed E-state index contributed by atoms with van der Waals surface area (Å²) < 4.78 is 33.4. The van der Waals surface area contributed by atoms with E-state index in [1.54, 1.807) is 0 Å². The molecule has 0 bridgehead atoms. The molecule has 2 heterocycles. The van der Waals surface area contributed by atoms with Crippen LogP contribution in [0.2, 0.25) is 0 Å². The monoisotopic (exact) mass is 444 g/mol. The number of aliphatic hydroxyl groups is 2. The fraction of sp³-hybridized carbons (Fsp3) is 0.458. The molecule has 0 unspecified atom stereocenters. The van der Waals surface area contributed by atoms with E-state index in [1.807, 2.05) is 23.1 Å². The van der Waals surface area contributed by atoms with Gasteiger partial charge in [0.25, 0.3) is 0 Å². The highest BCUT2D eigenvalue weighted by atomic mass is 19.1. The topological polar surface area (TPSA) is 82.0 Å². The number of ether oxygens (including phenoxy) is 1. The molecular weight excluding hydrogens is 418 g/mol. The first-order valence-corrected chi connectivity index (χ1v) is 11.0. The van der Waals surface area contributed by atoms with Gasteiger partial charge in [-0.1, -0.05) is 18.2 Å². The predicted molar refractivity (Wildman–Crippen MR) is 113 cm³/mol. The molecule has 2 fully saturated rings. The highest BCUT2D eigenvalue weighted by molar-refractivity contribution is 5.93. The van der Waals surface area contributed by atoms with Crippen LogP contribution < -0.4 is 10.1 Å². The van der Waals surface area contributed by atoms with Crippen LogP contribution >= 0.6 is 0 Å². The first kappa shape index (κ1) is 21.3. The number of nitrogens with one attached hydrogen (secondary N) is 1. The minimum absolute atomic E-state index is 0.00248. The van der Waals surface area contributed by atoms with E-state index < -0.39 is 35.2 Å². The summed E-state index contributed by atoms with van der Waals surface area (Å²) in [5.74, 6) is -1.97. The summed E-state index contributed by atoms with van der Waals surface area (Å²) in [5.41, 5.74) is 1.57. The molecule has 1 amide bonds. The molecule has 1 aliphatic carbocycles. The lowest BCUT2D eigenvalue weighted by Crippen LogP contribution is -2.36. The normalized spacial score (nSPS) is 28.2. The Morgan fingerprint density at radius 1 is 1.22 bits per heavy atom. The number of anilines is 1. The molecule has 2 aromatic carbocycles. The van der Waals surface area contributed by atoms with E-state index in [4.69, 9.17) is 4.74 Å². The Morgan fingerprint density at radius 3 is 2.75 bits per heavy atom. The number of carbonyl (C=O) groups excluding carboxylic acids is 1. The standard InChI is InChI=1S/C24H26F2N2O4/c25-18-2-1-3-19(26)23(18)32-17-9-16-11-28(13-24(16,31)10-17)12-21(29)15-4-6-20-14(8-15)5-7-22(30)27-20/h1-4,6,8,16-17,21,29,31H,5,7,9-13H2,(H,27,30)/t16-,17+,21+,24-/m0/s1. The molecule has 0 radical (unpaired) electrons. The van der Waals surface area contributed by atoms with Crippen LogP contribution in [0.25, 0.3) is 0 Å². The Kier molecular flexibility index (Phi) is 5.39. The van der Waals surface area contributed by atoms with Crippen molar-refractivity contribution in [3.8, 4) is 5.75 Å². The lowest BCUT2D eigenvalue weighted by molar-refractivity contribution is -0.116. The number of halogens is 2. The molecule has 8 heteroatoms. The molecule has 0 aromatic heterocycles. The first-order chi connectivity index (χ1) is 15.3. The molecule has 6 nitrogen and oxygen atoms in total. The highest BCUT2D eigenvalue weighted by Crippen LogP contribution is 2.44. The van der Waals surface area contributed by atoms with Gasteiger partial charge < -0.3 is 20.3 Å². The molecule has 5 rings (SSSR count). The summed E-state index contributed by atoms with van der Waals surface area (Å²) in [5, 5.41) is 24.7. The van der Waals surface area contributed by atoms with Crippen LogP contribution in [0.4, 0.5) is 14.5 Å². The maximum atomic E-state index is 13.9. The summed E-state index contributed by atoms with van der Waals surface area (Å²) in [6.07, 6.45) is 0.690. The summed E-state index contributed by atoms with van der Waals surface area (Å²) in [6.45, 7) is 1.32. The van der Waals surface area contributed by atoms with E-state index in [0.29, 0.717) is 38.9 Å². The maximum absolute atomic E-state index is 13.9. The Balaban J connectivity index is 1.20. The van der Waals surface area contributed by atoms with Crippen molar-refractivity contribution >= 4 is 11.6 Å². The molecule has 4 atom stereocenters. The van der Waals surface area contributed by atoms with Gasteiger partial charge in [-0.15, -0.1) is 0 Å². The molecular formula is C24H26F2N2O4. The van der Waals surface area contributed by atoms with Gasteiger partial charge in [0, 0.05) is 44.1 Å².